The first-order valence-corrected chi connectivity index (χ1v) is 13.6. The maximum absolute atomic E-state index is 13.5. The first-order valence-electron chi connectivity index (χ1n) is 11.1. The summed E-state index contributed by atoms with van der Waals surface area (Å²) < 4.78 is 19.1. The number of aromatic nitrogens is 2. The van der Waals surface area contributed by atoms with Crippen LogP contribution in [-0.2, 0) is 4.57 Å². The fourth-order valence-electron chi connectivity index (χ4n) is 4.63. The maximum Gasteiger partial charge on any atom is 0.227 e. The van der Waals surface area contributed by atoms with Crippen molar-refractivity contribution in [2.24, 2.45) is 5.73 Å². The lowest BCUT2D eigenvalue weighted by Crippen LogP contribution is -2.29. The number of ether oxygens (including phenoxy) is 1. The van der Waals surface area contributed by atoms with Crippen molar-refractivity contribution in [2.45, 2.75) is 24.8 Å². The quantitative estimate of drug-likeness (QED) is 0.457. The van der Waals surface area contributed by atoms with Crippen molar-refractivity contribution >= 4 is 41.4 Å². The van der Waals surface area contributed by atoms with Crippen molar-refractivity contribution < 1.29 is 9.30 Å². The number of nitrogens with two attached hydrogens (primary N) is 1. The molecule has 7 nitrogen and oxygen atoms in total. The molecule has 1 atom stereocenters. The van der Waals surface area contributed by atoms with E-state index in [1.54, 1.807) is 13.3 Å². The van der Waals surface area contributed by atoms with Gasteiger partial charge < -0.3 is 25.7 Å². The number of benzene rings is 2. The molecular formula is C24H27ClN5O2P. The average Bonchev–Trinajstić information content (AvgIpc) is 3.26. The van der Waals surface area contributed by atoms with E-state index in [1.807, 2.05) is 30.3 Å². The second-order valence-corrected chi connectivity index (χ2v) is 12.2. The van der Waals surface area contributed by atoms with Crippen LogP contribution in [0.4, 0.5) is 17.3 Å². The van der Waals surface area contributed by atoms with Crippen molar-refractivity contribution in [3.05, 3.63) is 64.9 Å². The van der Waals surface area contributed by atoms with Crippen LogP contribution in [0, 0.1) is 0 Å². The Morgan fingerprint density at radius 3 is 2.79 bits per heavy atom. The molecule has 0 spiro atoms. The van der Waals surface area contributed by atoms with Crippen LogP contribution in [0.2, 0.25) is 5.02 Å². The second kappa shape index (κ2) is 8.98. The van der Waals surface area contributed by atoms with Gasteiger partial charge in [0, 0.05) is 41.8 Å². The van der Waals surface area contributed by atoms with Crippen LogP contribution in [0.25, 0.3) is 0 Å². The molecule has 0 bridgehead atoms. The van der Waals surface area contributed by atoms with E-state index in [-0.39, 0.29) is 12.0 Å². The Morgan fingerprint density at radius 1 is 1.21 bits per heavy atom. The Hall–Kier alpha value is -2.60. The summed E-state index contributed by atoms with van der Waals surface area (Å²) >= 11 is 6.49. The van der Waals surface area contributed by atoms with Gasteiger partial charge >= 0.3 is 0 Å². The Bertz CT molecular complexity index is 1230. The zero-order valence-electron chi connectivity index (χ0n) is 18.4. The molecule has 1 fully saturated rings. The van der Waals surface area contributed by atoms with Crippen LogP contribution in [0.5, 0.6) is 5.75 Å². The number of rotatable bonds is 5. The highest BCUT2D eigenvalue weighted by atomic mass is 35.5. The van der Waals surface area contributed by atoms with E-state index < -0.39 is 7.14 Å². The Kier molecular flexibility index (Phi) is 6.04. The third-order valence-electron chi connectivity index (χ3n) is 6.56. The van der Waals surface area contributed by atoms with Gasteiger partial charge in [-0.05, 0) is 42.7 Å². The SMILES string of the molecule is COc1cc(P2(=O)CCC(N)CC2)ccc1Nc1ncc(Cl)c(C2CNc3ccccc32)n1. The molecule has 2 aliphatic heterocycles. The molecule has 33 heavy (non-hydrogen) atoms. The number of methoxy groups -OCH3 is 1. The van der Waals surface area contributed by atoms with E-state index in [0.717, 1.165) is 36.1 Å². The van der Waals surface area contributed by atoms with Crippen LogP contribution >= 0.6 is 18.7 Å². The van der Waals surface area contributed by atoms with Gasteiger partial charge in [-0.2, -0.15) is 0 Å². The van der Waals surface area contributed by atoms with Gasteiger partial charge in [0.2, 0.25) is 5.95 Å². The molecule has 2 aromatic carbocycles. The molecule has 0 radical (unpaired) electrons. The lowest BCUT2D eigenvalue weighted by molar-refractivity contribution is 0.417. The Morgan fingerprint density at radius 2 is 2.00 bits per heavy atom. The van der Waals surface area contributed by atoms with Crippen molar-refractivity contribution in [1.29, 1.82) is 0 Å². The molecular weight excluding hydrogens is 457 g/mol. The van der Waals surface area contributed by atoms with Gasteiger partial charge in [-0.3, -0.25) is 0 Å². The molecule has 172 valence electrons. The summed E-state index contributed by atoms with van der Waals surface area (Å²) in [5.41, 5.74) is 9.76. The molecule has 9 heteroatoms. The number of para-hydroxylation sites is 1. The number of halogens is 1. The number of hydrogen-bond acceptors (Lipinski definition) is 7. The van der Waals surface area contributed by atoms with Crippen LogP contribution in [0.3, 0.4) is 0 Å². The monoisotopic (exact) mass is 483 g/mol. The summed E-state index contributed by atoms with van der Waals surface area (Å²) in [5.74, 6) is 1.08. The minimum atomic E-state index is -2.45. The highest BCUT2D eigenvalue weighted by molar-refractivity contribution is 7.71. The topological polar surface area (TPSA) is 102 Å². The highest BCUT2D eigenvalue weighted by Crippen LogP contribution is 2.50. The summed E-state index contributed by atoms with van der Waals surface area (Å²) in [6.45, 7) is 0.729. The molecule has 1 aromatic heterocycles. The minimum Gasteiger partial charge on any atom is -0.495 e. The lowest BCUT2D eigenvalue weighted by atomic mass is 9.98. The normalized spacial score (nSPS) is 24.1. The van der Waals surface area contributed by atoms with E-state index in [0.29, 0.717) is 34.7 Å². The number of nitrogens with one attached hydrogen (secondary N) is 2. The zero-order valence-corrected chi connectivity index (χ0v) is 20.1. The molecule has 5 rings (SSSR count). The number of fused-ring (bicyclic) bond motifs is 1. The molecule has 3 heterocycles. The molecule has 2 aliphatic rings. The third-order valence-corrected chi connectivity index (χ3v) is 10.0. The smallest absolute Gasteiger partial charge is 0.227 e. The first-order chi connectivity index (χ1) is 16.0. The van der Waals surface area contributed by atoms with Crippen LogP contribution in [0.15, 0.2) is 48.7 Å². The molecule has 0 saturated carbocycles. The fraction of sp³-hybridized carbons (Fsp3) is 0.333. The molecule has 0 aliphatic carbocycles. The minimum absolute atomic E-state index is 0.0457. The van der Waals surface area contributed by atoms with Gasteiger partial charge in [0.25, 0.3) is 0 Å². The van der Waals surface area contributed by atoms with Crippen molar-refractivity contribution in [1.82, 2.24) is 9.97 Å². The maximum atomic E-state index is 13.5. The molecule has 3 aromatic rings. The van der Waals surface area contributed by atoms with Crippen LogP contribution < -0.4 is 26.4 Å². The van der Waals surface area contributed by atoms with E-state index in [4.69, 9.17) is 27.1 Å². The third kappa shape index (κ3) is 4.33. The Balaban J connectivity index is 1.42. The number of nitrogens with zero attached hydrogens (tertiary/aromatic N) is 2. The second-order valence-electron chi connectivity index (χ2n) is 8.63. The van der Waals surface area contributed by atoms with Gasteiger partial charge in [-0.15, -0.1) is 0 Å². The summed E-state index contributed by atoms with van der Waals surface area (Å²) in [6.07, 6.45) is 4.49. The number of anilines is 3. The number of hydrogen-bond donors (Lipinski definition) is 3. The molecule has 0 amide bonds. The molecule has 1 saturated heterocycles. The van der Waals surface area contributed by atoms with E-state index in [1.165, 1.54) is 5.56 Å². The predicted molar refractivity (Wildman–Crippen MR) is 134 cm³/mol. The van der Waals surface area contributed by atoms with Gasteiger partial charge in [0.15, 0.2) is 0 Å². The molecule has 1 unspecified atom stereocenters. The van der Waals surface area contributed by atoms with Crippen molar-refractivity contribution in [3.63, 3.8) is 0 Å². The van der Waals surface area contributed by atoms with Crippen molar-refractivity contribution in [3.8, 4) is 5.75 Å². The first kappa shape index (κ1) is 22.2. The van der Waals surface area contributed by atoms with E-state index in [2.05, 4.69) is 27.8 Å². The average molecular weight is 484 g/mol. The predicted octanol–water partition coefficient (Wildman–Crippen LogP) is 4.55. The van der Waals surface area contributed by atoms with Crippen LogP contribution in [-0.4, -0.2) is 42.0 Å². The lowest BCUT2D eigenvalue weighted by Gasteiger charge is -2.27. The highest BCUT2D eigenvalue weighted by Gasteiger charge is 2.31. The van der Waals surface area contributed by atoms with Crippen molar-refractivity contribution in [2.75, 3.05) is 36.6 Å². The van der Waals surface area contributed by atoms with Gasteiger partial charge in [0.1, 0.15) is 12.9 Å². The van der Waals surface area contributed by atoms with E-state index >= 15 is 0 Å². The summed E-state index contributed by atoms with van der Waals surface area (Å²) in [7, 11) is -0.845. The van der Waals surface area contributed by atoms with Crippen LogP contribution in [0.1, 0.15) is 30.0 Å². The van der Waals surface area contributed by atoms with Gasteiger partial charge in [-0.25, -0.2) is 9.97 Å². The zero-order chi connectivity index (χ0) is 23.0. The summed E-state index contributed by atoms with van der Waals surface area (Å²) in [6, 6.07) is 14.0. The van der Waals surface area contributed by atoms with E-state index in [9.17, 15) is 4.57 Å². The van der Waals surface area contributed by atoms with Gasteiger partial charge in [-0.1, -0.05) is 29.8 Å². The summed E-state index contributed by atoms with van der Waals surface area (Å²) in [5, 5.41) is 8.03. The fourth-order valence-corrected chi connectivity index (χ4v) is 7.79. The van der Waals surface area contributed by atoms with Gasteiger partial charge in [0.05, 0.1) is 29.7 Å². The largest absolute Gasteiger partial charge is 0.495 e. The Labute approximate surface area is 198 Å². The molecule has 4 N–H and O–H groups in total. The summed E-state index contributed by atoms with van der Waals surface area (Å²) in [4.78, 5) is 9.11. The standard InChI is InChI=1S/C24H27ClN5O2P/c1-32-22-12-16(33(31)10-8-15(26)9-11-33)6-7-21(22)29-24-28-14-19(25)23(30-24)18-13-27-20-5-3-2-4-17(18)20/h2-7,12,14-15,18,27H,8-11,13,26H2,1H3,(H,28,29,30).